The summed E-state index contributed by atoms with van der Waals surface area (Å²) in [5, 5.41) is 12.3. The Kier molecular flexibility index (Phi) is 5.73. The quantitative estimate of drug-likeness (QED) is 0.791. The summed E-state index contributed by atoms with van der Waals surface area (Å²) < 4.78 is 0. The first-order valence-electron chi connectivity index (χ1n) is 5.50. The molecule has 0 saturated heterocycles. The van der Waals surface area contributed by atoms with Crippen LogP contribution >= 0.6 is 11.6 Å². The largest absolute Gasteiger partial charge is 0.394 e. The van der Waals surface area contributed by atoms with Crippen molar-refractivity contribution in [1.82, 2.24) is 5.32 Å². The number of carbonyl (C=O) groups is 1. The number of nitrogens with one attached hydrogen (secondary N) is 1. The second-order valence-electron chi connectivity index (χ2n) is 3.68. The van der Waals surface area contributed by atoms with Crippen LogP contribution in [0.5, 0.6) is 0 Å². The molecule has 0 bridgehead atoms. The monoisotopic (exact) mass is 253 g/mol. The summed E-state index contributed by atoms with van der Waals surface area (Å²) >= 11 is 5.75. The van der Waals surface area contributed by atoms with Crippen molar-refractivity contribution in [3.63, 3.8) is 0 Å². The number of hydrogen-bond donors (Lipinski definition) is 2. The van der Waals surface area contributed by atoms with Crippen molar-refractivity contribution in [2.45, 2.75) is 19.4 Å². The molecule has 1 unspecified atom stereocenters. The van der Waals surface area contributed by atoms with Crippen molar-refractivity contribution in [1.29, 1.82) is 0 Å². The molecule has 0 aliphatic heterocycles. The lowest BCUT2D eigenvalue weighted by atomic mass is 10.2. The van der Waals surface area contributed by atoms with Gasteiger partial charge in [-0.3, -0.25) is 4.79 Å². The van der Waals surface area contributed by atoms with Crippen molar-refractivity contribution in [2.75, 3.05) is 6.61 Å². The molecule has 0 spiro atoms. The van der Waals surface area contributed by atoms with Crippen LogP contribution in [0.4, 0.5) is 0 Å². The first kappa shape index (κ1) is 13.7. The number of rotatable bonds is 5. The van der Waals surface area contributed by atoms with E-state index >= 15 is 0 Å². The summed E-state index contributed by atoms with van der Waals surface area (Å²) in [5.41, 5.74) is 0.904. The number of amides is 1. The maximum atomic E-state index is 11.5. The Morgan fingerprint density at radius 3 is 2.65 bits per heavy atom. The topological polar surface area (TPSA) is 49.3 Å². The van der Waals surface area contributed by atoms with E-state index in [-0.39, 0.29) is 18.6 Å². The number of benzene rings is 1. The van der Waals surface area contributed by atoms with Gasteiger partial charge in [-0.2, -0.15) is 0 Å². The summed E-state index contributed by atoms with van der Waals surface area (Å²) in [6, 6.07) is 7.01. The van der Waals surface area contributed by atoms with Gasteiger partial charge in [0.15, 0.2) is 0 Å². The van der Waals surface area contributed by atoms with Crippen molar-refractivity contribution in [3.05, 3.63) is 40.9 Å². The molecule has 2 N–H and O–H groups in total. The van der Waals surface area contributed by atoms with Gasteiger partial charge in [-0.05, 0) is 30.2 Å². The smallest absolute Gasteiger partial charge is 0.244 e. The summed E-state index contributed by atoms with van der Waals surface area (Å²) in [6.07, 6.45) is 3.86. The Labute approximate surface area is 106 Å². The molecular formula is C13H16ClNO2. The third-order valence-corrected chi connectivity index (χ3v) is 2.61. The molecule has 1 atom stereocenters. The molecule has 4 heteroatoms. The van der Waals surface area contributed by atoms with Gasteiger partial charge in [-0.15, -0.1) is 0 Å². The molecule has 0 saturated carbocycles. The van der Waals surface area contributed by atoms with Gasteiger partial charge in [0.25, 0.3) is 0 Å². The summed E-state index contributed by atoms with van der Waals surface area (Å²) in [7, 11) is 0. The fourth-order valence-electron chi connectivity index (χ4n) is 1.27. The van der Waals surface area contributed by atoms with Crippen molar-refractivity contribution in [2.24, 2.45) is 0 Å². The highest BCUT2D eigenvalue weighted by molar-refractivity contribution is 6.30. The standard InChI is InChI=1S/C13H16ClNO2/c1-2-12(9-16)15-13(17)8-5-10-3-6-11(14)7-4-10/h3-8,12,16H,2,9H2,1H3,(H,15,17)/b8-5+. The second kappa shape index (κ2) is 7.09. The molecule has 0 radical (unpaired) electrons. The fourth-order valence-corrected chi connectivity index (χ4v) is 1.40. The van der Waals surface area contributed by atoms with Crippen LogP contribution in [0.25, 0.3) is 6.08 Å². The third-order valence-electron chi connectivity index (χ3n) is 2.36. The molecule has 0 fully saturated rings. The van der Waals surface area contributed by atoms with Crippen LogP contribution in [0.1, 0.15) is 18.9 Å². The molecule has 3 nitrogen and oxygen atoms in total. The summed E-state index contributed by atoms with van der Waals surface area (Å²) in [5.74, 6) is -0.208. The van der Waals surface area contributed by atoms with Crippen LogP contribution < -0.4 is 5.32 Å². The first-order valence-corrected chi connectivity index (χ1v) is 5.88. The van der Waals surface area contributed by atoms with E-state index in [9.17, 15) is 4.79 Å². The zero-order chi connectivity index (χ0) is 12.7. The van der Waals surface area contributed by atoms with E-state index in [1.54, 1.807) is 18.2 Å². The van der Waals surface area contributed by atoms with Gasteiger partial charge < -0.3 is 10.4 Å². The Bertz CT molecular complexity index is 383. The van der Waals surface area contributed by atoms with E-state index in [0.717, 1.165) is 5.56 Å². The molecule has 17 heavy (non-hydrogen) atoms. The van der Waals surface area contributed by atoms with Crippen LogP contribution in [-0.2, 0) is 4.79 Å². The van der Waals surface area contributed by atoms with Gasteiger partial charge in [0, 0.05) is 11.1 Å². The molecule has 0 aliphatic carbocycles. The molecular weight excluding hydrogens is 238 g/mol. The molecule has 1 aromatic carbocycles. The number of hydrogen-bond acceptors (Lipinski definition) is 2. The van der Waals surface area contributed by atoms with E-state index in [2.05, 4.69) is 5.32 Å². The molecule has 1 aromatic rings. The van der Waals surface area contributed by atoms with Gasteiger partial charge >= 0.3 is 0 Å². The highest BCUT2D eigenvalue weighted by atomic mass is 35.5. The Morgan fingerprint density at radius 1 is 1.47 bits per heavy atom. The number of carbonyl (C=O) groups excluding carboxylic acids is 1. The van der Waals surface area contributed by atoms with Crippen molar-refractivity contribution in [3.8, 4) is 0 Å². The number of aliphatic hydroxyl groups excluding tert-OH is 1. The van der Waals surface area contributed by atoms with Gasteiger partial charge in [0.1, 0.15) is 0 Å². The van der Waals surface area contributed by atoms with E-state index in [1.165, 1.54) is 6.08 Å². The third kappa shape index (κ3) is 5.02. The highest BCUT2D eigenvalue weighted by Crippen LogP contribution is 2.10. The normalized spacial score (nSPS) is 12.6. The second-order valence-corrected chi connectivity index (χ2v) is 4.12. The summed E-state index contributed by atoms with van der Waals surface area (Å²) in [4.78, 5) is 11.5. The van der Waals surface area contributed by atoms with Crippen LogP contribution in [-0.4, -0.2) is 23.7 Å². The minimum absolute atomic E-state index is 0.0446. The van der Waals surface area contributed by atoms with Gasteiger partial charge in [-0.25, -0.2) is 0 Å². The van der Waals surface area contributed by atoms with Gasteiger partial charge in [0.2, 0.25) is 5.91 Å². The predicted molar refractivity (Wildman–Crippen MR) is 69.8 cm³/mol. The van der Waals surface area contributed by atoms with Gasteiger partial charge in [-0.1, -0.05) is 30.7 Å². The predicted octanol–water partition coefficient (Wildman–Crippen LogP) is 2.24. The molecule has 1 amide bonds. The summed E-state index contributed by atoms with van der Waals surface area (Å²) in [6.45, 7) is 1.86. The van der Waals surface area contributed by atoms with Gasteiger partial charge in [0.05, 0.1) is 12.6 Å². The molecule has 0 aromatic heterocycles. The molecule has 1 rings (SSSR count). The first-order chi connectivity index (χ1) is 8.15. The lowest BCUT2D eigenvalue weighted by molar-refractivity contribution is -0.117. The highest BCUT2D eigenvalue weighted by Gasteiger charge is 2.05. The lowest BCUT2D eigenvalue weighted by Crippen LogP contribution is -2.35. The zero-order valence-electron chi connectivity index (χ0n) is 9.69. The average molecular weight is 254 g/mol. The average Bonchev–Trinajstić information content (AvgIpc) is 2.35. The van der Waals surface area contributed by atoms with E-state index in [0.29, 0.717) is 11.4 Å². The molecule has 92 valence electrons. The fraction of sp³-hybridized carbons (Fsp3) is 0.308. The Balaban J connectivity index is 2.53. The van der Waals surface area contributed by atoms with Crippen LogP contribution in [0.3, 0.4) is 0 Å². The minimum atomic E-state index is -0.208. The van der Waals surface area contributed by atoms with E-state index in [4.69, 9.17) is 16.7 Å². The van der Waals surface area contributed by atoms with Crippen LogP contribution in [0.2, 0.25) is 5.02 Å². The van der Waals surface area contributed by atoms with Crippen molar-refractivity contribution >= 4 is 23.6 Å². The SMILES string of the molecule is CCC(CO)NC(=O)/C=C/c1ccc(Cl)cc1. The van der Waals surface area contributed by atoms with E-state index < -0.39 is 0 Å². The maximum Gasteiger partial charge on any atom is 0.244 e. The van der Waals surface area contributed by atoms with Crippen molar-refractivity contribution < 1.29 is 9.90 Å². The molecule has 0 aliphatic rings. The van der Waals surface area contributed by atoms with Crippen LogP contribution in [0, 0.1) is 0 Å². The minimum Gasteiger partial charge on any atom is -0.394 e. The number of halogens is 1. The Hall–Kier alpha value is -1.32. The number of aliphatic hydroxyl groups is 1. The molecule has 0 heterocycles. The maximum absolute atomic E-state index is 11.5. The Morgan fingerprint density at radius 2 is 2.12 bits per heavy atom. The van der Waals surface area contributed by atoms with E-state index in [1.807, 2.05) is 19.1 Å². The zero-order valence-corrected chi connectivity index (χ0v) is 10.4. The lowest BCUT2D eigenvalue weighted by Gasteiger charge is -2.11. The van der Waals surface area contributed by atoms with Crippen LogP contribution in [0.15, 0.2) is 30.3 Å².